The van der Waals surface area contributed by atoms with Gasteiger partial charge in [-0.15, -0.1) is 0 Å². The largest absolute Gasteiger partial charge is 0.390 e. The van der Waals surface area contributed by atoms with Gasteiger partial charge in [0.25, 0.3) is 0 Å². The summed E-state index contributed by atoms with van der Waals surface area (Å²) in [5, 5.41) is 10.6. The molecule has 1 atom stereocenters. The Labute approximate surface area is 204 Å². The third-order valence-corrected chi connectivity index (χ3v) is 7.39. The smallest absolute Gasteiger partial charge is 0.0619 e. The average molecular weight is 453 g/mol. The third kappa shape index (κ3) is 26.2. The van der Waals surface area contributed by atoms with E-state index in [0.717, 1.165) is 12.8 Å². The van der Waals surface area contributed by atoms with Gasteiger partial charge in [0.15, 0.2) is 0 Å². The Morgan fingerprint density at radius 2 is 0.531 bits per heavy atom. The second-order valence-electron chi connectivity index (χ2n) is 11.1. The molecular weight excluding hydrogens is 388 g/mol. The summed E-state index contributed by atoms with van der Waals surface area (Å²) < 4.78 is 0. The summed E-state index contributed by atoms with van der Waals surface area (Å²) in [6, 6.07) is 0. The molecule has 0 radical (unpaired) electrons. The van der Waals surface area contributed by atoms with Gasteiger partial charge in [-0.1, -0.05) is 174 Å². The van der Waals surface area contributed by atoms with Crippen LogP contribution in [-0.4, -0.2) is 10.7 Å². The fraction of sp³-hybridized carbons (Fsp3) is 1.00. The van der Waals surface area contributed by atoms with Gasteiger partial charge in [0.05, 0.1) is 5.60 Å². The SMILES string of the molecule is CCCCCCCCCCCCCCCCC(C)(O)CCCCCCCCCCCCC. The van der Waals surface area contributed by atoms with E-state index in [4.69, 9.17) is 0 Å². The van der Waals surface area contributed by atoms with Crippen molar-refractivity contribution < 1.29 is 5.11 Å². The van der Waals surface area contributed by atoms with Gasteiger partial charge in [0, 0.05) is 0 Å². The molecule has 0 rings (SSSR count). The minimum Gasteiger partial charge on any atom is -0.390 e. The number of aliphatic hydroxyl groups is 1. The number of rotatable bonds is 27. The highest BCUT2D eigenvalue weighted by Crippen LogP contribution is 2.23. The predicted octanol–water partition coefficient (Wildman–Crippen LogP) is 11.3. The van der Waals surface area contributed by atoms with E-state index in [0.29, 0.717) is 0 Å². The molecule has 32 heavy (non-hydrogen) atoms. The molecule has 0 aliphatic heterocycles. The first-order valence-electron chi connectivity index (χ1n) is 15.3. The number of unbranched alkanes of at least 4 members (excludes halogenated alkanes) is 23. The molecule has 194 valence electrons. The predicted molar refractivity (Wildman–Crippen MR) is 147 cm³/mol. The fourth-order valence-corrected chi connectivity index (χ4v) is 5.00. The zero-order valence-electron chi connectivity index (χ0n) is 23.0. The van der Waals surface area contributed by atoms with Crippen LogP contribution in [0.2, 0.25) is 0 Å². The first-order valence-corrected chi connectivity index (χ1v) is 15.3. The first-order chi connectivity index (χ1) is 15.6. The van der Waals surface area contributed by atoms with Gasteiger partial charge in [-0.05, 0) is 19.8 Å². The Morgan fingerprint density at radius 3 is 0.750 bits per heavy atom. The number of hydrogen-bond donors (Lipinski definition) is 1. The molecule has 0 saturated heterocycles. The summed E-state index contributed by atoms with van der Waals surface area (Å²) in [5.41, 5.74) is -0.420. The molecule has 1 unspecified atom stereocenters. The first kappa shape index (κ1) is 32.0. The zero-order valence-corrected chi connectivity index (χ0v) is 23.0. The van der Waals surface area contributed by atoms with Crippen molar-refractivity contribution in [3.05, 3.63) is 0 Å². The Kier molecular flexibility index (Phi) is 25.5. The average Bonchev–Trinajstić information content (AvgIpc) is 2.77. The van der Waals surface area contributed by atoms with Crippen LogP contribution in [0.15, 0.2) is 0 Å². The molecule has 1 nitrogen and oxygen atoms in total. The molecule has 0 aromatic carbocycles. The fourth-order valence-electron chi connectivity index (χ4n) is 5.00. The van der Waals surface area contributed by atoms with E-state index in [1.807, 2.05) is 0 Å². The lowest BCUT2D eigenvalue weighted by molar-refractivity contribution is 0.0366. The van der Waals surface area contributed by atoms with Crippen molar-refractivity contribution in [2.45, 2.75) is 200 Å². The lowest BCUT2D eigenvalue weighted by Gasteiger charge is -2.23. The molecule has 0 amide bonds. The van der Waals surface area contributed by atoms with Gasteiger partial charge in [0.2, 0.25) is 0 Å². The summed E-state index contributed by atoms with van der Waals surface area (Å²) in [5.74, 6) is 0. The van der Waals surface area contributed by atoms with Crippen LogP contribution in [-0.2, 0) is 0 Å². The second kappa shape index (κ2) is 25.6. The maximum Gasteiger partial charge on any atom is 0.0619 e. The lowest BCUT2D eigenvalue weighted by atomic mass is 9.91. The van der Waals surface area contributed by atoms with Crippen molar-refractivity contribution in [1.29, 1.82) is 0 Å². The van der Waals surface area contributed by atoms with E-state index >= 15 is 0 Å². The summed E-state index contributed by atoms with van der Waals surface area (Å²) in [4.78, 5) is 0. The molecule has 0 aliphatic rings. The molecule has 0 aromatic heterocycles. The van der Waals surface area contributed by atoms with Crippen LogP contribution in [0.5, 0.6) is 0 Å². The number of hydrogen-bond acceptors (Lipinski definition) is 1. The van der Waals surface area contributed by atoms with Crippen LogP contribution in [0.25, 0.3) is 0 Å². The summed E-state index contributed by atoms with van der Waals surface area (Å²) in [6.07, 6.45) is 36.9. The van der Waals surface area contributed by atoms with Gasteiger partial charge in [0.1, 0.15) is 0 Å². The molecule has 0 spiro atoms. The maximum atomic E-state index is 10.6. The van der Waals surface area contributed by atoms with Crippen molar-refractivity contribution in [2.24, 2.45) is 0 Å². The minimum absolute atomic E-state index is 0.420. The summed E-state index contributed by atoms with van der Waals surface area (Å²) in [7, 11) is 0. The maximum absolute atomic E-state index is 10.6. The van der Waals surface area contributed by atoms with Crippen LogP contribution in [0, 0.1) is 0 Å². The molecule has 0 saturated carbocycles. The van der Waals surface area contributed by atoms with Crippen LogP contribution in [0.4, 0.5) is 0 Å². The topological polar surface area (TPSA) is 20.2 Å². The summed E-state index contributed by atoms with van der Waals surface area (Å²) in [6.45, 7) is 6.66. The summed E-state index contributed by atoms with van der Waals surface area (Å²) >= 11 is 0. The van der Waals surface area contributed by atoms with E-state index in [-0.39, 0.29) is 0 Å². The molecule has 0 bridgehead atoms. The molecular formula is C31H64O. The highest BCUT2D eigenvalue weighted by molar-refractivity contribution is 4.72. The van der Waals surface area contributed by atoms with Crippen LogP contribution >= 0.6 is 0 Å². The van der Waals surface area contributed by atoms with Gasteiger partial charge >= 0.3 is 0 Å². The second-order valence-corrected chi connectivity index (χ2v) is 11.1. The van der Waals surface area contributed by atoms with E-state index < -0.39 is 5.60 Å². The third-order valence-electron chi connectivity index (χ3n) is 7.39. The Balaban J connectivity index is 3.28. The van der Waals surface area contributed by atoms with Crippen molar-refractivity contribution in [3.8, 4) is 0 Å². The van der Waals surface area contributed by atoms with Crippen LogP contribution < -0.4 is 0 Å². The quantitative estimate of drug-likeness (QED) is 0.123. The minimum atomic E-state index is -0.420. The van der Waals surface area contributed by atoms with Crippen molar-refractivity contribution in [2.75, 3.05) is 0 Å². The van der Waals surface area contributed by atoms with Crippen molar-refractivity contribution in [3.63, 3.8) is 0 Å². The van der Waals surface area contributed by atoms with Crippen LogP contribution in [0.3, 0.4) is 0 Å². The Hall–Kier alpha value is -0.0400. The molecule has 0 fully saturated rings. The molecule has 0 heterocycles. The molecule has 0 aromatic rings. The van der Waals surface area contributed by atoms with Gasteiger partial charge < -0.3 is 5.11 Å². The standard InChI is InChI=1S/C31H64O/c1-4-6-8-10-12-14-16-17-18-20-22-24-26-28-30-31(3,32)29-27-25-23-21-19-15-13-11-9-7-5-2/h32H,4-30H2,1-3H3. The van der Waals surface area contributed by atoms with E-state index in [2.05, 4.69) is 20.8 Å². The van der Waals surface area contributed by atoms with Crippen molar-refractivity contribution >= 4 is 0 Å². The van der Waals surface area contributed by atoms with Crippen LogP contribution in [0.1, 0.15) is 194 Å². The van der Waals surface area contributed by atoms with Gasteiger partial charge in [-0.2, -0.15) is 0 Å². The van der Waals surface area contributed by atoms with E-state index in [1.54, 1.807) is 0 Å². The highest BCUT2D eigenvalue weighted by Gasteiger charge is 2.18. The zero-order chi connectivity index (χ0) is 23.6. The highest BCUT2D eigenvalue weighted by atomic mass is 16.3. The van der Waals surface area contributed by atoms with Gasteiger partial charge in [-0.25, -0.2) is 0 Å². The monoisotopic (exact) mass is 452 g/mol. The van der Waals surface area contributed by atoms with E-state index in [1.165, 1.54) is 161 Å². The normalized spacial score (nSPS) is 13.5. The molecule has 0 aliphatic carbocycles. The molecule has 1 N–H and O–H groups in total. The Morgan fingerprint density at radius 1 is 0.344 bits per heavy atom. The van der Waals surface area contributed by atoms with Crippen molar-refractivity contribution in [1.82, 2.24) is 0 Å². The molecule has 1 heteroatoms. The van der Waals surface area contributed by atoms with Gasteiger partial charge in [-0.3, -0.25) is 0 Å². The Bertz CT molecular complexity index is 335. The lowest BCUT2D eigenvalue weighted by Crippen LogP contribution is -2.23. The van der Waals surface area contributed by atoms with E-state index in [9.17, 15) is 5.11 Å².